The molecule has 1 amide bonds. The number of halogens is 1. The Kier molecular flexibility index (Phi) is 5.78. The summed E-state index contributed by atoms with van der Waals surface area (Å²) in [5.41, 5.74) is 2.62. The number of ether oxygens (including phenoxy) is 1. The van der Waals surface area contributed by atoms with Gasteiger partial charge in [-0.3, -0.25) is 4.79 Å². The molecule has 7 heteroatoms. The number of carbonyl (C=O) groups excluding carboxylic acids is 1. The molecule has 0 bridgehead atoms. The second-order valence-electron chi connectivity index (χ2n) is 5.31. The third kappa shape index (κ3) is 4.43. The van der Waals surface area contributed by atoms with Gasteiger partial charge >= 0.3 is 0 Å². The van der Waals surface area contributed by atoms with E-state index in [0.29, 0.717) is 17.1 Å². The molecule has 3 aromatic rings. The van der Waals surface area contributed by atoms with Crippen LogP contribution in [0.2, 0.25) is 0 Å². The smallest absolute Gasteiger partial charge is 0.265 e. The zero-order chi connectivity index (χ0) is 17.6. The van der Waals surface area contributed by atoms with Crippen LogP contribution in [-0.4, -0.2) is 29.1 Å². The Bertz CT molecular complexity index is 848. The fourth-order valence-corrected chi connectivity index (χ4v) is 3.20. The van der Waals surface area contributed by atoms with Gasteiger partial charge in [-0.1, -0.05) is 44.7 Å². The predicted molar refractivity (Wildman–Crippen MR) is 102 cm³/mol. The monoisotopic (exact) mass is 417 g/mol. The molecule has 0 saturated carbocycles. The van der Waals surface area contributed by atoms with Gasteiger partial charge in [-0.2, -0.15) is 0 Å². The van der Waals surface area contributed by atoms with E-state index < -0.39 is 0 Å². The van der Waals surface area contributed by atoms with Gasteiger partial charge in [-0.25, -0.2) is 0 Å². The molecule has 0 aliphatic heterocycles. The first-order valence-corrected chi connectivity index (χ1v) is 9.23. The van der Waals surface area contributed by atoms with Gasteiger partial charge < -0.3 is 10.1 Å². The highest BCUT2D eigenvalue weighted by Gasteiger charge is 2.17. The molecule has 0 aliphatic carbocycles. The van der Waals surface area contributed by atoms with Crippen LogP contribution >= 0.6 is 27.5 Å². The fraction of sp³-hybridized carbons (Fsp3) is 0.167. The van der Waals surface area contributed by atoms with E-state index in [9.17, 15) is 4.79 Å². The molecule has 128 valence electrons. The van der Waals surface area contributed by atoms with E-state index in [4.69, 9.17) is 4.74 Å². The van der Waals surface area contributed by atoms with E-state index >= 15 is 0 Å². The molecule has 1 N–H and O–H groups in total. The number of benzene rings is 2. The van der Waals surface area contributed by atoms with Crippen molar-refractivity contribution in [3.05, 3.63) is 63.4 Å². The topological polar surface area (TPSA) is 64.1 Å². The predicted octanol–water partition coefficient (Wildman–Crippen LogP) is 3.95. The van der Waals surface area contributed by atoms with Crippen LogP contribution in [0.3, 0.4) is 0 Å². The van der Waals surface area contributed by atoms with E-state index in [0.717, 1.165) is 39.3 Å². The number of rotatable bonds is 6. The van der Waals surface area contributed by atoms with Crippen LogP contribution in [0.4, 0.5) is 0 Å². The summed E-state index contributed by atoms with van der Waals surface area (Å²) in [5.74, 6) is 0.670. The Morgan fingerprint density at radius 1 is 1.16 bits per heavy atom. The molecule has 25 heavy (non-hydrogen) atoms. The molecule has 0 fully saturated rings. The SMILES string of the molecule is COc1ccc(CCNC(=O)c2snnc2-c2ccc(Br)cc2)cc1. The van der Waals surface area contributed by atoms with E-state index in [1.807, 2.05) is 48.5 Å². The summed E-state index contributed by atoms with van der Waals surface area (Å²) in [6.45, 7) is 0.544. The maximum atomic E-state index is 12.4. The van der Waals surface area contributed by atoms with Crippen LogP contribution < -0.4 is 10.1 Å². The number of aromatic nitrogens is 2. The standard InChI is InChI=1S/C18H16BrN3O2S/c1-24-15-8-2-12(3-9-15)10-11-20-18(23)17-16(21-22-25-17)13-4-6-14(19)7-5-13/h2-9H,10-11H2,1H3,(H,20,23). The van der Waals surface area contributed by atoms with Crippen molar-refractivity contribution in [3.8, 4) is 17.0 Å². The van der Waals surface area contributed by atoms with Gasteiger partial charge in [-0.15, -0.1) is 5.10 Å². The molecule has 0 spiro atoms. The lowest BCUT2D eigenvalue weighted by Gasteiger charge is -2.06. The zero-order valence-electron chi connectivity index (χ0n) is 13.5. The Labute approximate surface area is 158 Å². The summed E-state index contributed by atoms with van der Waals surface area (Å²) >= 11 is 4.51. The highest BCUT2D eigenvalue weighted by atomic mass is 79.9. The third-order valence-corrected chi connectivity index (χ3v) is 4.92. The van der Waals surface area contributed by atoms with Gasteiger partial charge in [0.2, 0.25) is 0 Å². The van der Waals surface area contributed by atoms with Crippen molar-refractivity contribution < 1.29 is 9.53 Å². The minimum absolute atomic E-state index is 0.151. The Morgan fingerprint density at radius 2 is 1.88 bits per heavy atom. The second-order valence-corrected chi connectivity index (χ2v) is 6.98. The maximum Gasteiger partial charge on any atom is 0.265 e. The number of amides is 1. The highest BCUT2D eigenvalue weighted by molar-refractivity contribution is 9.10. The van der Waals surface area contributed by atoms with Crippen LogP contribution in [0, 0.1) is 0 Å². The van der Waals surface area contributed by atoms with Gasteiger partial charge in [0.1, 0.15) is 16.3 Å². The van der Waals surface area contributed by atoms with Crippen molar-refractivity contribution in [3.63, 3.8) is 0 Å². The Balaban J connectivity index is 1.62. The first kappa shape index (κ1) is 17.6. The summed E-state index contributed by atoms with van der Waals surface area (Å²) in [6.07, 6.45) is 0.746. The fourth-order valence-electron chi connectivity index (χ4n) is 2.33. The van der Waals surface area contributed by atoms with Crippen molar-refractivity contribution in [2.45, 2.75) is 6.42 Å². The molecular formula is C18H16BrN3O2S. The third-order valence-electron chi connectivity index (χ3n) is 3.67. The Morgan fingerprint density at radius 3 is 2.56 bits per heavy atom. The van der Waals surface area contributed by atoms with E-state index in [-0.39, 0.29) is 5.91 Å². The van der Waals surface area contributed by atoms with Gasteiger partial charge in [0, 0.05) is 16.6 Å². The lowest BCUT2D eigenvalue weighted by molar-refractivity contribution is 0.0958. The van der Waals surface area contributed by atoms with Gasteiger partial charge in [0.05, 0.1) is 7.11 Å². The molecule has 0 unspecified atom stereocenters. The van der Waals surface area contributed by atoms with Crippen molar-refractivity contribution in [2.24, 2.45) is 0 Å². The van der Waals surface area contributed by atoms with Crippen LogP contribution in [0.25, 0.3) is 11.3 Å². The summed E-state index contributed by atoms with van der Waals surface area (Å²) in [6, 6.07) is 15.5. The maximum absolute atomic E-state index is 12.4. The second kappa shape index (κ2) is 8.22. The minimum atomic E-state index is -0.151. The number of hydrogen-bond acceptors (Lipinski definition) is 5. The van der Waals surface area contributed by atoms with Gasteiger partial charge in [0.15, 0.2) is 0 Å². The molecule has 0 saturated heterocycles. The van der Waals surface area contributed by atoms with Gasteiger partial charge in [0.25, 0.3) is 5.91 Å². The molecule has 0 aliphatic rings. The van der Waals surface area contributed by atoms with Gasteiger partial charge in [-0.05, 0) is 47.8 Å². The first-order chi connectivity index (χ1) is 12.2. The van der Waals surface area contributed by atoms with Crippen LogP contribution in [0.15, 0.2) is 53.0 Å². The summed E-state index contributed by atoms with van der Waals surface area (Å²) in [5, 5.41) is 7.04. The molecule has 3 rings (SSSR count). The lowest BCUT2D eigenvalue weighted by atomic mass is 10.1. The average Bonchev–Trinajstić information content (AvgIpc) is 3.13. The number of methoxy groups -OCH3 is 1. The van der Waals surface area contributed by atoms with Crippen molar-refractivity contribution >= 4 is 33.4 Å². The van der Waals surface area contributed by atoms with Crippen LogP contribution in [-0.2, 0) is 6.42 Å². The summed E-state index contributed by atoms with van der Waals surface area (Å²) < 4.78 is 10.0. The molecule has 5 nitrogen and oxygen atoms in total. The largest absolute Gasteiger partial charge is 0.497 e. The Hall–Kier alpha value is -2.25. The van der Waals surface area contributed by atoms with Crippen LogP contribution in [0.5, 0.6) is 5.75 Å². The quantitative estimate of drug-likeness (QED) is 0.659. The molecular weight excluding hydrogens is 402 g/mol. The lowest BCUT2D eigenvalue weighted by Crippen LogP contribution is -2.25. The number of carbonyl (C=O) groups is 1. The molecule has 0 radical (unpaired) electrons. The van der Waals surface area contributed by atoms with E-state index in [1.54, 1.807) is 7.11 Å². The number of nitrogens with one attached hydrogen (secondary N) is 1. The number of hydrogen-bond donors (Lipinski definition) is 1. The van der Waals surface area contributed by atoms with Crippen LogP contribution in [0.1, 0.15) is 15.2 Å². The highest BCUT2D eigenvalue weighted by Crippen LogP contribution is 2.25. The van der Waals surface area contributed by atoms with Crippen molar-refractivity contribution in [2.75, 3.05) is 13.7 Å². The van der Waals surface area contributed by atoms with Crippen molar-refractivity contribution in [1.29, 1.82) is 0 Å². The zero-order valence-corrected chi connectivity index (χ0v) is 15.9. The van der Waals surface area contributed by atoms with Crippen molar-refractivity contribution in [1.82, 2.24) is 14.9 Å². The first-order valence-electron chi connectivity index (χ1n) is 7.67. The molecule has 2 aromatic carbocycles. The number of nitrogens with zero attached hydrogens (tertiary/aromatic N) is 2. The molecule has 1 aromatic heterocycles. The minimum Gasteiger partial charge on any atom is -0.497 e. The molecule has 1 heterocycles. The molecule has 0 atom stereocenters. The van der Waals surface area contributed by atoms with E-state index in [2.05, 4.69) is 30.8 Å². The summed E-state index contributed by atoms with van der Waals surface area (Å²) in [4.78, 5) is 13.0. The average molecular weight is 418 g/mol. The normalized spacial score (nSPS) is 10.5. The van der Waals surface area contributed by atoms with E-state index in [1.165, 1.54) is 0 Å². The summed E-state index contributed by atoms with van der Waals surface area (Å²) in [7, 11) is 1.64.